The predicted octanol–water partition coefficient (Wildman–Crippen LogP) is 1.11. The molecule has 1 heterocycles. The molecule has 2 aromatic rings. The number of aromatic nitrogens is 2. The van der Waals surface area contributed by atoms with E-state index in [9.17, 15) is 4.79 Å². The molecule has 0 spiro atoms. The predicted molar refractivity (Wildman–Crippen MR) is 49.4 cm³/mol. The van der Waals surface area contributed by atoms with E-state index in [1.54, 1.807) is 12.1 Å². The number of hydrogen-bond acceptors (Lipinski definition) is 4. The smallest absolute Gasteiger partial charge is 0.382 e. The monoisotopic (exact) mass is 194 g/mol. The molecule has 13 heavy (non-hydrogen) atoms. The minimum atomic E-state index is -0.531. The Kier molecular flexibility index (Phi) is 1.94. The molecule has 0 aliphatic heterocycles. The highest BCUT2D eigenvalue weighted by molar-refractivity contribution is 7.80. The lowest BCUT2D eigenvalue weighted by atomic mass is 10.3. The van der Waals surface area contributed by atoms with Crippen LogP contribution in [0.3, 0.4) is 0 Å². The molecule has 5 heteroatoms. The lowest BCUT2D eigenvalue weighted by molar-refractivity contribution is 0.423. The van der Waals surface area contributed by atoms with E-state index in [0.29, 0.717) is 5.69 Å². The molecule has 0 aliphatic rings. The summed E-state index contributed by atoms with van der Waals surface area (Å²) in [5.74, 6) is -0.531. The van der Waals surface area contributed by atoms with Crippen LogP contribution in [0.1, 0.15) is 0 Å². The third-order valence-electron chi connectivity index (χ3n) is 1.54. The van der Waals surface area contributed by atoms with E-state index < -0.39 is 5.76 Å². The van der Waals surface area contributed by atoms with Crippen LogP contribution >= 0.6 is 12.6 Å². The molecule has 0 bridgehead atoms. The molecule has 0 N–H and O–H groups in total. The van der Waals surface area contributed by atoms with Crippen LogP contribution in [0.15, 0.2) is 44.8 Å². The van der Waals surface area contributed by atoms with E-state index in [0.717, 1.165) is 4.68 Å². The maximum Gasteiger partial charge on any atom is 0.442 e. The van der Waals surface area contributed by atoms with Crippen molar-refractivity contribution in [3.05, 3.63) is 40.9 Å². The number of thiol groups is 1. The summed E-state index contributed by atoms with van der Waals surface area (Å²) in [5, 5.41) is 3.85. The van der Waals surface area contributed by atoms with Crippen molar-refractivity contribution in [3.8, 4) is 5.69 Å². The number of hydrogen-bond donors (Lipinski definition) is 1. The van der Waals surface area contributed by atoms with E-state index in [4.69, 9.17) is 0 Å². The lowest BCUT2D eigenvalue weighted by Gasteiger charge is -1.94. The van der Waals surface area contributed by atoms with E-state index in [2.05, 4.69) is 22.1 Å². The van der Waals surface area contributed by atoms with Crippen LogP contribution in [0.5, 0.6) is 0 Å². The normalized spacial score (nSPS) is 10.2. The van der Waals surface area contributed by atoms with E-state index in [-0.39, 0.29) is 5.22 Å². The Balaban J connectivity index is 2.59. The van der Waals surface area contributed by atoms with E-state index in [1.807, 2.05) is 18.2 Å². The topological polar surface area (TPSA) is 48.0 Å². The molecule has 0 aliphatic carbocycles. The van der Waals surface area contributed by atoms with Gasteiger partial charge in [0.05, 0.1) is 5.69 Å². The van der Waals surface area contributed by atoms with Gasteiger partial charge in [0.2, 0.25) is 0 Å². The van der Waals surface area contributed by atoms with Crippen LogP contribution in [0, 0.1) is 0 Å². The first-order chi connectivity index (χ1) is 6.27. The second-order valence-corrected chi connectivity index (χ2v) is 2.78. The van der Waals surface area contributed by atoms with Crippen LogP contribution in [0.4, 0.5) is 0 Å². The van der Waals surface area contributed by atoms with Crippen molar-refractivity contribution in [2.24, 2.45) is 0 Å². The van der Waals surface area contributed by atoms with Gasteiger partial charge >= 0.3 is 5.76 Å². The largest absolute Gasteiger partial charge is 0.442 e. The van der Waals surface area contributed by atoms with Gasteiger partial charge in [-0.25, -0.2) is 4.79 Å². The summed E-state index contributed by atoms with van der Waals surface area (Å²) in [4.78, 5) is 11.1. The molecule has 1 aromatic carbocycles. The molecule has 0 saturated carbocycles. The lowest BCUT2D eigenvalue weighted by Crippen LogP contribution is -2.12. The first kappa shape index (κ1) is 8.12. The average molecular weight is 194 g/mol. The van der Waals surface area contributed by atoms with Gasteiger partial charge in [0.15, 0.2) is 0 Å². The molecular formula is C8H6N2O2S. The van der Waals surface area contributed by atoms with Gasteiger partial charge < -0.3 is 4.42 Å². The summed E-state index contributed by atoms with van der Waals surface area (Å²) in [6.07, 6.45) is 0. The Morgan fingerprint density at radius 3 is 2.54 bits per heavy atom. The maximum absolute atomic E-state index is 11.1. The highest BCUT2D eigenvalue weighted by atomic mass is 32.1. The molecule has 0 saturated heterocycles. The number of para-hydroxylation sites is 1. The Morgan fingerprint density at radius 1 is 1.31 bits per heavy atom. The molecule has 0 amide bonds. The van der Waals surface area contributed by atoms with Crippen molar-refractivity contribution in [2.75, 3.05) is 0 Å². The second-order valence-electron chi connectivity index (χ2n) is 2.40. The second kappa shape index (κ2) is 3.10. The van der Waals surface area contributed by atoms with Gasteiger partial charge in [0.25, 0.3) is 5.22 Å². The van der Waals surface area contributed by atoms with Crippen LogP contribution in [-0.2, 0) is 0 Å². The summed E-state index contributed by atoms with van der Waals surface area (Å²) in [6, 6.07) is 9.01. The zero-order valence-electron chi connectivity index (χ0n) is 6.54. The maximum atomic E-state index is 11.1. The summed E-state index contributed by atoms with van der Waals surface area (Å²) in [7, 11) is 0. The van der Waals surface area contributed by atoms with Gasteiger partial charge in [-0.05, 0) is 12.1 Å². The van der Waals surface area contributed by atoms with Gasteiger partial charge in [-0.15, -0.1) is 5.10 Å². The van der Waals surface area contributed by atoms with Crippen LogP contribution in [0.25, 0.3) is 5.69 Å². The van der Waals surface area contributed by atoms with Crippen LogP contribution < -0.4 is 5.76 Å². The van der Waals surface area contributed by atoms with Gasteiger partial charge in [-0.3, -0.25) is 0 Å². The number of nitrogens with zero attached hydrogens (tertiary/aromatic N) is 2. The quantitative estimate of drug-likeness (QED) is 0.692. The molecule has 0 fully saturated rings. The molecule has 1 aromatic heterocycles. The number of benzene rings is 1. The van der Waals surface area contributed by atoms with Crippen molar-refractivity contribution in [3.63, 3.8) is 0 Å². The van der Waals surface area contributed by atoms with Crippen LogP contribution in [-0.4, -0.2) is 9.78 Å². The minimum absolute atomic E-state index is 0.0638. The van der Waals surface area contributed by atoms with Crippen molar-refractivity contribution in [1.29, 1.82) is 0 Å². The highest BCUT2D eigenvalue weighted by Gasteiger charge is 2.05. The Bertz CT molecular complexity index is 460. The van der Waals surface area contributed by atoms with Gasteiger partial charge in [0.1, 0.15) is 0 Å². The van der Waals surface area contributed by atoms with Crippen LogP contribution in [0.2, 0.25) is 0 Å². The first-order valence-electron chi connectivity index (χ1n) is 3.62. The number of rotatable bonds is 1. The Hall–Kier alpha value is -1.49. The summed E-state index contributed by atoms with van der Waals surface area (Å²) < 4.78 is 5.78. The minimum Gasteiger partial charge on any atom is -0.382 e. The zero-order valence-corrected chi connectivity index (χ0v) is 7.44. The van der Waals surface area contributed by atoms with Gasteiger partial charge in [0, 0.05) is 0 Å². The van der Waals surface area contributed by atoms with Gasteiger partial charge in [-0.2, -0.15) is 4.68 Å². The van der Waals surface area contributed by atoms with Crippen molar-refractivity contribution in [1.82, 2.24) is 9.78 Å². The standard InChI is InChI=1S/C8H6N2O2S/c11-8-10(9-7(13)12-8)6-4-2-1-3-5-6/h1-5H,(H,9,13). The summed E-state index contributed by atoms with van der Waals surface area (Å²) in [5.41, 5.74) is 0.663. The highest BCUT2D eigenvalue weighted by Crippen LogP contribution is 2.04. The molecule has 66 valence electrons. The summed E-state index contributed by atoms with van der Waals surface area (Å²) in [6.45, 7) is 0. The fourth-order valence-electron chi connectivity index (χ4n) is 1.00. The van der Waals surface area contributed by atoms with Gasteiger partial charge in [-0.1, -0.05) is 30.8 Å². The third kappa shape index (κ3) is 1.50. The van der Waals surface area contributed by atoms with Crippen molar-refractivity contribution < 1.29 is 4.42 Å². The average Bonchev–Trinajstić information content (AvgIpc) is 2.47. The molecule has 0 radical (unpaired) electrons. The third-order valence-corrected chi connectivity index (χ3v) is 1.72. The van der Waals surface area contributed by atoms with E-state index >= 15 is 0 Å². The fraction of sp³-hybridized carbons (Fsp3) is 0. The molecular weight excluding hydrogens is 188 g/mol. The Morgan fingerprint density at radius 2 is 2.00 bits per heavy atom. The molecule has 0 unspecified atom stereocenters. The molecule has 4 nitrogen and oxygen atoms in total. The first-order valence-corrected chi connectivity index (χ1v) is 4.06. The molecule has 0 atom stereocenters. The Labute approximate surface area is 79.2 Å². The van der Waals surface area contributed by atoms with E-state index in [1.165, 1.54) is 0 Å². The molecule has 2 rings (SSSR count). The fourth-order valence-corrected chi connectivity index (χ4v) is 1.17. The van der Waals surface area contributed by atoms with Crippen molar-refractivity contribution >= 4 is 12.6 Å². The zero-order chi connectivity index (χ0) is 9.26. The van der Waals surface area contributed by atoms with Crippen molar-refractivity contribution in [2.45, 2.75) is 5.22 Å². The SMILES string of the molecule is O=c1oc(S)nn1-c1ccccc1. The summed E-state index contributed by atoms with van der Waals surface area (Å²) >= 11 is 3.83.